The van der Waals surface area contributed by atoms with Crippen molar-refractivity contribution in [3.05, 3.63) is 51.8 Å². The third-order valence-electron chi connectivity index (χ3n) is 4.89. The predicted octanol–water partition coefficient (Wildman–Crippen LogP) is 2.08. The molecule has 1 fully saturated rings. The fraction of sp³-hybridized carbons (Fsp3) is 0.500. The molecule has 0 radical (unpaired) electrons. The lowest BCUT2D eigenvalue weighted by molar-refractivity contribution is -0.388. The predicted molar refractivity (Wildman–Crippen MR) is 101 cm³/mol. The molecule has 26 heavy (non-hydrogen) atoms. The number of hydrogen-bond acceptors (Lipinski definition) is 6. The van der Waals surface area contributed by atoms with Gasteiger partial charge < -0.3 is 20.3 Å². The number of nitrogens with one attached hydrogen (secondary N) is 1. The van der Waals surface area contributed by atoms with Crippen LogP contribution in [-0.2, 0) is 20.1 Å². The molecule has 0 amide bonds. The first-order valence-corrected chi connectivity index (χ1v) is 8.99. The molecule has 1 aliphatic rings. The van der Waals surface area contributed by atoms with Crippen LogP contribution in [0.4, 0.5) is 11.6 Å². The monoisotopic (exact) mass is 358 g/mol. The number of piperazine rings is 1. The molecule has 0 aliphatic carbocycles. The summed E-state index contributed by atoms with van der Waals surface area (Å²) in [6.07, 6.45) is 1.45. The number of hydrogen-bond donors (Lipinski definition) is 1. The average molecular weight is 358 g/mol. The lowest BCUT2D eigenvalue weighted by atomic mass is 10.1. The number of imidazole rings is 1. The molecule has 1 aliphatic heterocycles. The van der Waals surface area contributed by atoms with Crippen LogP contribution >= 0.6 is 0 Å². The molecule has 1 N–H and O–H groups in total. The van der Waals surface area contributed by atoms with E-state index in [1.807, 2.05) is 0 Å². The second-order valence-electron chi connectivity index (χ2n) is 6.67. The fourth-order valence-corrected chi connectivity index (χ4v) is 3.23. The zero-order chi connectivity index (χ0) is 18.5. The number of nitro groups is 1. The Bertz CT molecular complexity index is 735. The van der Waals surface area contributed by atoms with E-state index < -0.39 is 4.92 Å². The largest absolute Gasteiger partial charge is 0.406 e. The second-order valence-corrected chi connectivity index (χ2v) is 6.67. The van der Waals surface area contributed by atoms with E-state index in [-0.39, 0.29) is 5.82 Å². The van der Waals surface area contributed by atoms with Crippen LogP contribution in [0.5, 0.6) is 0 Å². The number of likely N-dealkylation sites (N-methyl/N-ethyl adjacent to an activating group) is 1. The van der Waals surface area contributed by atoms with Crippen LogP contribution < -0.4 is 5.32 Å². The zero-order valence-electron chi connectivity index (χ0n) is 15.4. The van der Waals surface area contributed by atoms with Crippen LogP contribution in [0.1, 0.15) is 18.1 Å². The van der Waals surface area contributed by atoms with Gasteiger partial charge in [-0.15, -0.1) is 0 Å². The van der Waals surface area contributed by atoms with E-state index in [2.05, 4.69) is 51.3 Å². The van der Waals surface area contributed by atoms with E-state index in [1.165, 1.54) is 11.9 Å². The maximum absolute atomic E-state index is 11.0. The summed E-state index contributed by atoms with van der Waals surface area (Å²) >= 11 is 0. The van der Waals surface area contributed by atoms with Crippen LogP contribution in [0, 0.1) is 10.1 Å². The van der Waals surface area contributed by atoms with E-state index in [0.29, 0.717) is 12.4 Å². The second kappa shape index (κ2) is 8.29. The summed E-state index contributed by atoms with van der Waals surface area (Å²) in [5, 5.41) is 14.1. The number of aromatic nitrogens is 2. The molecule has 2 heterocycles. The summed E-state index contributed by atoms with van der Waals surface area (Å²) in [4.78, 5) is 19.3. The maximum Gasteiger partial charge on any atom is 0.406 e. The van der Waals surface area contributed by atoms with Crippen LogP contribution in [0.25, 0.3) is 0 Å². The lowest BCUT2D eigenvalue weighted by Gasteiger charge is -2.34. The Balaban J connectivity index is 1.54. The van der Waals surface area contributed by atoms with Crippen molar-refractivity contribution < 1.29 is 4.92 Å². The van der Waals surface area contributed by atoms with Gasteiger partial charge in [-0.3, -0.25) is 9.47 Å². The first-order chi connectivity index (χ1) is 12.6. The Morgan fingerprint density at radius 1 is 1.12 bits per heavy atom. The van der Waals surface area contributed by atoms with Crippen LogP contribution in [0.3, 0.4) is 0 Å². The zero-order valence-corrected chi connectivity index (χ0v) is 15.4. The maximum atomic E-state index is 11.0. The first kappa shape index (κ1) is 18.3. The Hall–Kier alpha value is -2.45. The van der Waals surface area contributed by atoms with Gasteiger partial charge in [0.05, 0.1) is 0 Å². The Kier molecular flexibility index (Phi) is 5.85. The minimum atomic E-state index is -0.469. The number of nitrogens with zero attached hydrogens (tertiary/aromatic N) is 5. The van der Waals surface area contributed by atoms with Crippen LogP contribution in [-0.4, -0.2) is 57.0 Å². The molecule has 140 valence electrons. The van der Waals surface area contributed by atoms with E-state index >= 15 is 0 Å². The van der Waals surface area contributed by atoms with Gasteiger partial charge in [-0.25, -0.2) is 0 Å². The van der Waals surface area contributed by atoms with E-state index in [4.69, 9.17) is 0 Å². The van der Waals surface area contributed by atoms with Crippen molar-refractivity contribution in [1.29, 1.82) is 0 Å². The minimum absolute atomic E-state index is 0.143. The molecule has 8 nitrogen and oxygen atoms in total. The van der Waals surface area contributed by atoms with Gasteiger partial charge in [0, 0.05) is 46.3 Å². The van der Waals surface area contributed by atoms with Gasteiger partial charge in [0.25, 0.3) is 0 Å². The van der Waals surface area contributed by atoms with Crippen molar-refractivity contribution in [2.24, 2.45) is 7.05 Å². The third-order valence-corrected chi connectivity index (χ3v) is 4.89. The van der Waals surface area contributed by atoms with Crippen LogP contribution in [0.2, 0.25) is 0 Å². The molecule has 1 saturated heterocycles. The quantitative estimate of drug-likeness (QED) is 0.603. The Labute approximate surface area is 153 Å². The number of benzene rings is 1. The van der Waals surface area contributed by atoms with Gasteiger partial charge in [-0.1, -0.05) is 31.2 Å². The van der Waals surface area contributed by atoms with Crippen molar-refractivity contribution >= 4 is 11.6 Å². The first-order valence-electron chi connectivity index (χ1n) is 8.99. The molecule has 0 saturated carbocycles. The highest BCUT2D eigenvalue weighted by molar-refractivity contribution is 5.52. The SMILES string of the molecule is CCN1CCN(Cc2ccc(CNc3c([N+](=O)[O-])ncn3C)cc2)CC1. The van der Waals surface area contributed by atoms with Gasteiger partial charge >= 0.3 is 5.82 Å². The third kappa shape index (κ3) is 4.39. The van der Waals surface area contributed by atoms with Crippen molar-refractivity contribution in [3.8, 4) is 0 Å². The molecule has 8 heteroatoms. The van der Waals surface area contributed by atoms with Crippen molar-refractivity contribution in [2.45, 2.75) is 20.0 Å². The van der Waals surface area contributed by atoms with E-state index in [0.717, 1.165) is 44.8 Å². The molecular weight excluding hydrogens is 332 g/mol. The topological polar surface area (TPSA) is 79.5 Å². The standard InChI is InChI=1S/C18H26N6O2/c1-3-22-8-10-23(11-9-22)13-16-6-4-15(5-7-16)12-19-17-18(24(25)26)20-14-21(17)2/h4-7,14,19H,3,8-13H2,1-2H3. The van der Waals surface area contributed by atoms with Gasteiger partial charge in [0.2, 0.25) is 12.1 Å². The van der Waals surface area contributed by atoms with E-state index in [9.17, 15) is 10.1 Å². The molecule has 0 unspecified atom stereocenters. The Morgan fingerprint density at radius 2 is 1.73 bits per heavy atom. The molecule has 0 atom stereocenters. The van der Waals surface area contributed by atoms with Crippen molar-refractivity contribution in [3.63, 3.8) is 0 Å². The number of aryl methyl sites for hydroxylation is 1. The van der Waals surface area contributed by atoms with Crippen molar-refractivity contribution in [2.75, 3.05) is 38.0 Å². The lowest BCUT2D eigenvalue weighted by Crippen LogP contribution is -2.45. The van der Waals surface area contributed by atoms with Crippen molar-refractivity contribution in [1.82, 2.24) is 19.4 Å². The van der Waals surface area contributed by atoms with Gasteiger partial charge in [0.15, 0.2) is 0 Å². The minimum Gasteiger partial charge on any atom is -0.360 e. The smallest absolute Gasteiger partial charge is 0.360 e. The highest BCUT2D eigenvalue weighted by atomic mass is 16.6. The molecule has 0 bridgehead atoms. The summed E-state index contributed by atoms with van der Waals surface area (Å²) in [6.45, 7) is 9.34. The van der Waals surface area contributed by atoms with Crippen LogP contribution in [0.15, 0.2) is 30.6 Å². The molecule has 1 aromatic carbocycles. The van der Waals surface area contributed by atoms with E-state index in [1.54, 1.807) is 11.6 Å². The number of anilines is 1. The Morgan fingerprint density at radius 3 is 2.35 bits per heavy atom. The van der Waals surface area contributed by atoms with Gasteiger partial charge in [-0.2, -0.15) is 0 Å². The highest BCUT2D eigenvalue weighted by Gasteiger charge is 2.19. The molecular formula is C18H26N6O2. The normalized spacial score (nSPS) is 15.9. The summed E-state index contributed by atoms with van der Waals surface area (Å²) < 4.78 is 1.63. The molecule has 0 spiro atoms. The number of rotatable bonds is 7. The summed E-state index contributed by atoms with van der Waals surface area (Å²) in [5.41, 5.74) is 2.38. The summed E-state index contributed by atoms with van der Waals surface area (Å²) in [7, 11) is 1.74. The molecule has 1 aromatic heterocycles. The van der Waals surface area contributed by atoms with Gasteiger partial charge in [-0.05, 0) is 27.6 Å². The molecule has 3 rings (SSSR count). The highest BCUT2D eigenvalue weighted by Crippen LogP contribution is 2.21. The summed E-state index contributed by atoms with van der Waals surface area (Å²) in [5.74, 6) is 0.281. The average Bonchev–Trinajstić information content (AvgIpc) is 3.03. The van der Waals surface area contributed by atoms with Gasteiger partial charge in [0.1, 0.15) is 0 Å². The fourth-order valence-electron chi connectivity index (χ4n) is 3.23. The molecule has 2 aromatic rings. The summed E-state index contributed by atoms with van der Waals surface area (Å²) in [6, 6.07) is 8.43.